The molecule has 9 heteroatoms. The maximum absolute atomic E-state index is 9.95. The van der Waals surface area contributed by atoms with Crippen LogP contribution in [-0.4, -0.2) is 62.9 Å². The Morgan fingerprint density at radius 2 is 2.12 bits per heavy atom. The molecule has 1 aliphatic heterocycles. The minimum Gasteiger partial charge on any atom is -0.491 e. The average Bonchev–Trinajstić information content (AvgIpc) is 3.51. The van der Waals surface area contributed by atoms with E-state index in [0.29, 0.717) is 48.5 Å². The molecule has 0 unspecified atom stereocenters. The summed E-state index contributed by atoms with van der Waals surface area (Å²) in [5.74, 6) is 3.19. The van der Waals surface area contributed by atoms with Gasteiger partial charge >= 0.3 is 0 Å². The first-order valence-corrected chi connectivity index (χ1v) is 11.5. The number of rotatable bonds is 8. The molecule has 1 saturated carbocycles. The normalized spacial score (nSPS) is 16.0. The van der Waals surface area contributed by atoms with Crippen molar-refractivity contribution >= 4 is 11.7 Å². The molecule has 1 aromatic heterocycles. The van der Waals surface area contributed by atoms with Crippen LogP contribution in [0.4, 0.5) is 0 Å². The number of fused-ring (bicyclic) bond motifs is 3. The molecule has 33 heavy (non-hydrogen) atoms. The molecule has 0 spiro atoms. The zero-order valence-electron chi connectivity index (χ0n) is 19.5. The van der Waals surface area contributed by atoms with Crippen LogP contribution in [0.25, 0.3) is 11.4 Å². The fourth-order valence-electron chi connectivity index (χ4n) is 4.03. The fraction of sp³-hybridized carbons (Fsp3) is 0.542. The Kier molecular flexibility index (Phi) is 6.71. The summed E-state index contributed by atoms with van der Waals surface area (Å²) >= 11 is 0. The summed E-state index contributed by atoms with van der Waals surface area (Å²) in [4.78, 5) is 9.14. The van der Waals surface area contributed by atoms with Gasteiger partial charge < -0.3 is 29.6 Å². The number of hydrogen-bond donors (Lipinski definition) is 4. The van der Waals surface area contributed by atoms with E-state index in [1.54, 1.807) is 13.0 Å². The van der Waals surface area contributed by atoms with E-state index in [0.717, 1.165) is 24.2 Å². The first-order valence-electron chi connectivity index (χ1n) is 11.5. The molecule has 0 bridgehead atoms. The molecule has 0 saturated heterocycles. The molecular weight excluding hydrogens is 422 g/mol. The molecule has 4 N–H and O–H groups in total. The molecule has 2 heterocycles. The maximum atomic E-state index is 9.95. The monoisotopic (exact) mass is 455 g/mol. The van der Waals surface area contributed by atoms with Crippen molar-refractivity contribution in [3.05, 3.63) is 30.1 Å². The second-order valence-electron chi connectivity index (χ2n) is 9.24. The number of hydrogen-bond acceptors (Lipinski definition) is 6. The second-order valence-corrected chi connectivity index (χ2v) is 9.24. The van der Waals surface area contributed by atoms with Gasteiger partial charge in [-0.25, -0.2) is 9.98 Å². The van der Waals surface area contributed by atoms with Crippen LogP contribution < -0.4 is 14.8 Å². The summed E-state index contributed by atoms with van der Waals surface area (Å²) in [5.41, 5.74) is 0.495. The average molecular weight is 456 g/mol. The number of ether oxygens (including phenoxy) is 2. The molecule has 2 aliphatic rings. The number of nitrogens with zero attached hydrogens (tertiary/aromatic N) is 3. The van der Waals surface area contributed by atoms with Gasteiger partial charge in [0.05, 0.1) is 25.3 Å². The minimum absolute atomic E-state index is 0.147. The maximum Gasteiger partial charge on any atom is 0.155 e. The van der Waals surface area contributed by atoms with Gasteiger partial charge in [-0.05, 0) is 45.2 Å². The van der Waals surface area contributed by atoms with Crippen LogP contribution in [0.2, 0.25) is 0 Å². The number of aromatic nitrogens is 2. The first-order chi connectivity index (χ1) is 15.8. The third-order valence-electron chi connectivity index (χ3n) is 5.78. The second kappa shape index (κ2) is 9.52. The zero-order valence-corrected chi connectivity index (χ0v) is 19.5. The highest BCUT2D eigenvalue weighted by Crippen LogP contribution is 2.40. The van der Waals surface area contributed by atoms with Crippen LogP contribution in [0.3, 0.4) is 0 Å². The Hall–Kier alpha value is -2.91. The number of aliphatic hydroxyl groups is 2. The van der Waals surface area contributed by atoms with Gasteiger partial charge in [-0.1, -0.05) is 12.8 Å². The molecule has 4 rings (SSSR count). The van der Waals surface area contributed by atoms with Gasteiger partial charge in [0.15, 0.2) is 11.4 Å². The van der Waals surface area contributed by atoms with Crippen LogP contribution in [0.15, 0.2) is 29.4 Å². The highest BCUT2D eigenvalue weighted by atomic mass is 16.5. The van der Waals surface area contributed by atoms with Gasteiger partial charge in [0.25, 0.3) is 0 Å². The molecule has 0 amide bonds. The number of aliphatic imine (C=N–C) groups is 1. The summed E-state index contributed by atoms with van der Waals surface area (Å²) in [6, 6.07) is 5.66. The predicted molar refractivity (Wildman–Crippen MR) is 126 cm³/mol. The summed E-state index contributed by atoms with van der Waals surface area (Å²) in [6.45, 7) is 6.25. The predicted octanol–water partition coefficient (Wildman–Crippen LogP) is 2.59. The fourth-order valence-corrected chi connectivity index (χ4v) is 4.03. The number of nitrogens with one attached hydrogen (secondary N) is 2. The third kappa shape index (κ3) is 5.36. The Bertz CT molecular complexity index is 1040. The quantitative estimate of drug-likeness (QED) is 0.358. The number of imidazole rings is 1. The van der Waals surface area contributed by atoms with Crippen molar-refractivity contribution in [2.45, 2.75) is 58.2 Å². The number of amidine groups is 2. The Labute approximate surface area is 194 Å². The smallest absolute Gasteiger partial charge is 0.155 e. The summed E-state index contributed by atoms with van der Waals surface area (Å²) in [6.07, 6.45) is 4.77. The van der Waals surface area contributed by atoms with E-state index in [9.17, 15) is 10.2 Å². The van der Waals surface area contributed by atoms with E-state index < -0.39 is 5.60 Å². The van der Waals surface area contributed by atoms with E-state index in [-0.39, 0.29) is 25.1 Å². The standard InChI is InChI=1S/C24H33N5O4/c1-15(2)26-22(27-16(3)25)20-12-29-8-9-32-21-10-18(6-7-19(21)23(29)28-20)33-24(13-30,14-31)11-17-4-5-17/h6-7,10,12,15,17,30-31H,4-5,8-9,11,13-14H2,1-3H3,(H2,25,26,27). The lowest BCUT2D eigenvalue weighted by atomic mass is 9.98. The summed E-state index contributed by atoms with van der Waals surface area (Å²) in [5, 5.41) is 30.9. The van der Waals surface area contributed by atoms with Gasteiger partial charge in [-0.2, -0.15) is 0 Å². The first kappa shape index (κ1) is 23.3. The lowest BCUT2D eigenvalue weighted by Crippen LogP contribution is -2.44. The van der Waals surface area contributed by atoms with Crippen molar-refractivity contribution < 1.29 is 19.7 Å². The van der Waals surface area contributed by atoms with Crippen molar-refractivity contribution in [1.29, 1.82) is 5.41 Å². The largest absolute Gasteiger partial charge is 0.491 e. The Morgan fingerprint density at radius 3 is 2.76 bits per heavy atom. The number of aliphatic hydroxyl groups excluding tert-OH is 2. The summed E-state index contributed by atoms with van der Waals surface area (Å²) in [7, 11) is 0. The molecule has 2 aromatic rings. The molecular formula is C24H33N5O4. The van der Waals surface area contributed by atoms with Crippen LogP contribution >= 0.6 is 0 Å². The van der Waals surface area contributed by atoms with Crippen molar-refractivity contribution in [3.63, 3.8) is 0 Å². The van der Waals surface area contributed by atoms with Crippen molar-refractivity contribution in [3.8, 4) is 22.9 Å². The van der Waals surface area contributed by atoms with E-state index >= 15 is 0 Å². The molecule has 1 aliphatic carbocycles. The molecule has 178 valence electrons. The lowest BCUT2D eigenvalue weighted by Gasteiger charge is -2.31. The molecule has 0 radical (unpaired) electrons. The molecule has 1 aromatic carbocycles. The van der Waals surface area contributed by atoms with Crippen LogP contribution in [0, 0.1) is 11.3 Å². The SMILES string of the molecule is CC(=N)/N=C(\NC(C)C)c1cn2c(n1)-c1ccc(OC(CO)(CO)CC3CC3)cc1OCC2. The highest BCUT2D eigenvalue weighted by molar-refractivity contribution is 6.04. The molecule has 9 nitrogen and oxygen atoms in total. The topological polar surface area (TPSA) is 125 Å². The summed E-state index contributed by atoms with van der Waals surface area (Å²) < 4.78 is 14.1. The lowest BCUT2D eigenvalue weighted by molar-refractivity contribution is -0.0433. The highest BCUT2D eigenvalue weighted by Gasteiger charge is 2.38. The number of benzene rings is 1. The van der Waals surface area contributed by atoms with Gasteiger partial charge in [-0.15, -0.1) is 0 Å². The Morgan fingerprint density at radius 1 is 1.36 bits per heavy atom. The zero-order chi connectivity index (χ0) is 23.6. The van der Waals surface area contributed by atoms with E-state index in [1.165, 1.54) is 0 Å². The van der Waals surface area contributed by atoms with Crippen molar-refractivity contribution in [2.24, 2.45) is 10.9 Å². The minimum atomic E-state index is -0.996. The van der Waals surface area contributed by atoms with Crippen LogP contribution in [-0.2, 0) is 6.54 Å². The van der Waals surface area contributed by atoms with Gasteiger partial charge in [-0.3, -0.25) is 5.41 Å². The Balaban J connectivity index is 1.65. The molecule has 0 atom stereocenters. The van der Waals surface area contributed by atoms with E-state index in [4.69, 9.17) is 19.9 Å². The van der Waals surface area contributed by atoms with Gasteiger partial charge in [0, 0.05) is 18.3 Å². The molecule has 1 fully saturated rings. The van der Waals surface area contributed by atoms with E-state index in [1.807, 2.05) is 36.7 Å². The van der Waals surface area contributed by atoms with Gasteiger partial charge in [0.2, 0.25) is 0 Å². The van der Waals surface area contributed by atoms with Crippen molar-refractivity contribution in [1.82, 2.24) is 14.9 Å². The van der Waals surface area contributed by atoms with Crippen molar-refractivity contribution in [2.75, 3.05) is 19.8 Å². The van der Waals surface area contributed by atoms with Gasteiger partial charge in [0.1, 0.15) is 35.5 Å². The third-order valence-corrected chi connectivity index (χ3v) is 5.78. The van der Waals surface area contributed by atoms with Crippen LogP contribution in [0.5, 0.6) is 11.5 Å². The van der Waals surface area contributed by atoms with Crippen LogP contribution in [0.1, 0.15) is 45.7 Å². The van der Waals surface area contributed by atoms with E-state index in [2.05, 4.69) is 10.3 Å².